The van der Waals surface area contributed by atoms with E-state index in [1.165, 1.54) is 18.6 Å². The maximum Gasteiger partial charge on any atom is 0.349 e. The third kappa shape index (κ3) is 4.49. The van der Waals surface area contributed by atoms with Gasteiger partial charge in [-0.3, -0.25) is 4.79 Å². The molecule has 1 unspecified atom stereocenters. The van der Waals surface area contributed by atoms with Crippen LogP contribution in [0.15, 0.2) is 16.3 Å². The molecule has 0 aliphatic rings. The largest absolute Gasteiger partial charge is 0.480 e. The number of carboxylic acids is 1. The third-order valence-electron chi connectivity index (χ3n) is 2.50. The molecule has 1 aromatic heterocycles. The number of methoxy groups -OCH3 is 2. The van der Waals surface area contributed by atoms with E-state index in [-0.39, 0.29) is 22.8 Å². The van der Waals surface area contributed by atoms with Crippen LogP contribution in [0.5, 0.6) is 0 Å². The lowest BCUT2D eigenvalue weighted by Crippen LogP contribution is -2.41. The van der Waals surface area contributed by atoms with Crippen molar-refractivity contribution in [2.75, 3.05) is 20.8 Å². The van der Waals surface area contributed by atoms with E-state index in [9.17, 15) is 18.0 Å². The molecule has 0 bridgehead atoms. The summed E-state index contributed by atoms with van der Waals surface area (Å²) in [6, 6.07) is -0.130. The monoisotopic (exact) mass is 337 g/mol. The van der Waals surface area contributed by atoms with Gasteiger partial charge < -0.3 is 14.6 Å². The van der Waals surface area contributed by atoms with Crippen molar-refractivity contribution in [3.8, 4) is 0 Å². The van der Waals surface area contributed by atoms with Crippen LogP contribution in [0, 0.1) is 0 Å². The Labute approximate surface area is 125 Å². The van der Waals surface area contributed by atoms with Gasteiger partial charge in [0, 0.05) is 13.7 Å². The van der Waals surface area contributed by atoms with Crippen LogP contribution in [0.3, 0.4) is 0 Å². The SMILES string of the molecule is COCCC(NS(=O)(=O)c1ccsc1C(=O)OC)C(=O)O. The van der Waals surface area contributed by atoms with E-state index in [2.05, 4.69) is 4.74 Å². The molecule has 0 fully saturated rings. The summed E-state index contributed by atoms with van der Waals surface area (Å²) in [4.78, 5) is 22.1. The van der Waals surface area contributed by atoms with E-state index in [0.29, 0.717) is 0 Å². The number of ether oxygens (including phenoxy) is 2. The first kappa shape index (κ1) is 17.6. The van der Waals surface area contributed by atoms with Gasteiger partial charge in [-0.25, -0.2) is 13.2 Å². The molecule has 0 saturated heterocycles. The standard InChI is InChI=1S/C11H15NO7S2/c1-18-5-3-7(10(13)14)12-21(16,17)8-4-6-20-9(8)11(15)19-2/h4,6-7,12H,3,5H2,1-2H3,(H,13,14). The first-order valence-corrected chi connectivity index (χ1v) is 8.09. The fourth-order valence-corrected chi connectivity index (χ4v) is 4.03. The van der Waals surface area contributed by atoms with Gasteiger partial charge in [-0.15, -0.1) is 11.3 Å². The van der Waals surface area contributed by atoms with Crippen molar-refractivity contribution in [1.29, 1.82) is 0 Å². The van der Waals surface area contributed by atoms with Crippen LogP contribution in [0.2, 0.25) is 0 Å². The zero-order chi connectivity index (χ0) is 16.0. The number of carbonyl (C=O) groups excluding carboxylic acids is 1. The average molecular weight is 337 g/mol. The molecule has 10 heteroatoms. The number of nitrogens with one attached hydrogen (secondary N) is 1. The second-order valence-electron chi connectivity index (χ2n) is 3.90. The minimum Gasteiger partial charge on any atom is -0.480 e. The predicted octanol–water partition coefficient (Wildman–Crippen LogP) is 0.303. The van der Waals surface area contributed by atoms with E-state index >= 15 is 0 Å². The summed E-state index contributed by atoms with van der Waals surface area (Å²) in [5.74, 6) is -2.13. The minimum absolute atomic E-state index is 0.0389. The van der Waals surface area contributed by atoms with Crippen LogP contribution in [0.4, 0.5) is 0 Å². The fourth-order valence-electron chi connectivity index (χ4n) is 1.47. The van der Waals surface area contributed by atoms with Gasteiger partial charge in [0.15, 0.2) is 0 Å². The summed E-state index contributed by atoms with van der Waals surface area (Å²) in [6.45, 7) is 0.0764. The summed E-state index contributed by atoms with van der Waals surface area (Å²) in [7, 11) is -1.65. The molecule has 2 N–H and O–H groups in total. The van der Waals surface area contributed by atoms with Crippen LogP contribution >= 0.6 is 11.3 Å². The lowest BCUT2D eigenvalue weighted by molar-refractivity contribution is -0.139. The van der Waals surface area contributed by atoms with Crippen molar-refractivity contribution in [3.05, 3.63) is 16.3 Å². The molecule has 1 atom stereocenters. The number of carboxylic acid groups (broad SMARTS) is 1. The molecule has 0 aliphatic carbocycles. The van der Waals surface area contributed by atoms with Crippen LogP contribution in [-0.4, -0.2) is 52.3 Å². The quantitative estimate of drug-likeness (QED) is 0.655. The molecule has 0 spiro atoms. The molecule has 8 nitrogen and oxygen atoms in total. The number of carbonyl (C=O) groups is 2. The van der Waals surface area contributed by atoms with Crippen LogP contribution < -0.4 is 4.72 Å². The van der Waals surface area contributed by atoms with E-state index < -0.39 is 28.0 Å². The molecular weight excluding hydrogens is 322 g/mol. The van der Waals surface area contributed by atoms with Gasteiger partial charge in [-0.2, -0.15) is 4.72 Å². The average Bonchev–Trinajstić information content (AvgIpc) is 2.92. The Morgan fingerprint density at radius 3 is 2.62 bits per heavy atom. The highest BCUT2D eigenvalue weighted by Gasteiger charge is 2.29. The Morgan fingerprint density at radius 2 is 2.10 bits per heavy atom. The van der Waals surface area contributed by atoms with Gasteiger partial charge in [0.1, 0.15) is 15.8 Å². The minimum atomic E-state index is -4.15. The lowest BCUT2D eigenvalue weighted by Gasteiger charge is -2.14. The molecule has 1 aromatic rings. The van der Waals surface area contributed by atoms with Crippen molar-refractivity contribution in [2.45, 2.75) is 17.4 Å². The van der Waals surface area contributed by atoms with E-state index in [1.807, 2.05) is 4.72 Å². The molecule has 1 rings (SSSR count). The summed E-state index contributed by atoms with van der Waals surface area (Å²) >= 11 is 0.897. The van der Waals surface area contributed by atoms with Crippen LogP contribution in [0.25, 0.3) is 0 Å². The highest BCUT2D eigenvalue weighted by atomic mass is 32.2. The predicted molar refractivity (Wildman–Crippen MR) is 73.9 cm³/mol. The maximum absolute atomic E-state index is 12.2. The second kappa shape index (κ2) is 7.50. The molecule has 0 amide bonds. The van der Waals surface area contributed by atoms with E-state index in [1.54, 1.807) is 0 Å². The van der Waals surface area contributed by atoms with Gasteiger partial charge >= 0.3 is 11.9 Å². The van der Waals surface area contributed by atoms with E-state index in [4.69, 9.17) is 9.84 Å². The summed E-state index contributed by atoms with van der Waals surface area (Å²) in [6.07, 6.45) is -0.0389. The second-order valence-corrected chi connectivity index (χ2v) is 6.50. The first-order valence-electron chi connectivity index (χ1n) is 5.73. The van der Waals surface area contributed by atoms with Gasteiger partial charge in [0.05, 0.1) is 7.11 Å². The van der Waals surface area contributed by atoms with Crippen molar-refractivity contribution in [1.82, 2.24) is 4.72 Å². The number of hydrogen-bond acceptors (Lipinski definition) is 7. The smallest absolute Gasteiger partial charge is 0.349 e. The van der Waals surface area contributed by atoms with E-state index in [0.717, 1.165) is 18.4 Å². The number of aliphatic carboxylic acids is 1. The van der Waals surface area contributed by atoms with Crippen molar-refractivity contribution in [2.24, 2.45) is 0 Å². The zero-order valence-corrected chi connectivity index (χ0v) is 13.0. The topological polar surface area (TPSA) is 119 Å². The first-order chi connectivity index (χ1) is 9.83. The summed E-state index contributed by atoms with van der Waals surface area (Å²) in [5, 5.41) is 10.4. The molecule has 0 aromatic carbocycles. The Bertz CT molecular complexity index is 608. The number of thiophene rings is 1. The summed E-state index contributed by atoms with van der Waals surface area (Å²) < 4.78 is 35.7. The maximum atomic E-state index is 12.2. The zero-order valence-electron chi connectivity index (χ0n) is 11.4. The number of sulfonamides is 1. The van der Waals surface area contributed by atoms with Gasteiger partial charge in [0.25, 0.3) is 0 Å². The van der Waals surface area contributed by atoms with Crippen LogP contribution in [-0.2, 0) is 24.3 Å². The van der Waals surface area contributed by atoms with Crippen molar-refractivity contribution in [3.63, 3.8) is 0 Å². The molecular formula is C11H15NO7S2. The number of hydrogen-bond donors (Lipinski definition) is 2. The Hall–Kier alpha value is -1.49. The highest BCUT2D eigenvalue weighted by molar-refractivity contribution is 7.89. The fraction of sp³-hybridized carbons (Fsp3) is 0.455. The molecule has 0 saturated carbocycles. The van der Waals surface area contributed by atoms with Crippen molar-refractivity contribution >= 4 is 33.3 Å². The Balaban J connectivity index is 3.03. The number of rotatable bonds is 8. The normalized spacial score (nSPS) is 12.9. The Morgan fingerprint density at radius 1 is 1.43 bits per heavy atom. The summed E-state index contributed by atoms with van der Waals surface area (Å²) in [5.41, 5.74) is 0. The van der Waals surface area contributed by atoms with Gasteiger partial charge in [-0.05, 0) is 17.9 Å². The Kier molecular flexibility index (Phi) is 6.27. The lowest BCUT2D eigenvalue weighted by atomic mass is 10.2. The molecule has 118 valence electrons. The molecule has 0 aliphatic heterocycles. The highest BCUT2D eigenvalue weighted by Crippen LogP contribution is 2.23. The van der Waals surface area contributed by atoms with Gasteiger partial charge in [0.2, 0.25) is 10.0 Å². The molecule has 21 heavy (non-hydrogen) atoms. The molecule has 1 heterocycles. The third-order valence-corrected chi connectivity index (χ3v) is 5.03. The van der Waals surface area contributed by atoms with Gasteiger partial charge in [-0.1, -0.05) is 0 Å². The van der Waals surface area contributed by atoms with Crippen molar-refractivity contribution < 1.29 is 32.6 Å². The van der Waals surface area contributed by atoms with Crippen LogP contribution in [0.1, 0.15) is 16.1 Å². The molecule has 0 radical (unpaired) electrons. The number of esters is 1.